The largest absolute Gasteiger partial charge is 0.334 e. The van der Waals surface area contributed by atoms with Crippen LogP contribution in [0, 0.1) is 0 Å². The zero-order chi connectivity index (χ0) is 19.8. The van der Waals surface area contributed by atoms with Crippen molar-refractivity contribution in [1.29, 1.82) is 0 Å². The maximum atomic E-state index is 13.0. The average molecular weight is 393 g/mol. The van der Waals surface area contributed by atoms with Crippen LogP contribution in [0.5, 0.6) is 0 Å². The van der Waals surface area contributed by atoms with Gasteiger partial charge in [0.15, 0.2) is 0 Å². The maximum absolute atomic E-state index is 13.0. The zero-order valence-electron chi connectivity index (χ0n) is 16.1. The van der Waals surface area contributed by atoms with Crippen LogP contribution in [0.4, 0.5) is 0 Å². The van der Waals surface area contributed by atoms with E-state index in [1.807, 2.05) is 47.5 Å². The minimum Gasteiger partial charge on any atom is -0.334 e. The molecule has 144 valence electrons. The van der Waals surface area contributed by atoms with Crippen LogP contribution in [0.15, 0.2) is 73.1 Å². The Labute approximate surface area is 172 Å². The monoisotopic (exact) mass is 392 g/mol. The molecule has 1 heterocycles. The first kappa shape index (κ1) is 20.1. The lowest BCUT2D eigenvalue weighted by molar-refractivity contribution is -0.132. The molecule has 3 aromatic rings. The van der Waals surface area contributed by atoms with Crippen molar-refractivity contribution in [2.45, 2.75) is 39.3 Å². The minimum absolute atomic E-state index is 0.137. The molecule has 3 nitrogen and oxygen atoms in total. The molecule has 3 rings (SSSR count). The molecule has 0 unspecified atom stereocenters. The van der Waals surface area contributed by atoms with Gasteiger partial charge in [0.05, 0.1) is 0 Å². The lowest BCUT2D eigenvalue weighted by Crippen LogP contribution is -2.30. The summed E-state index contributed by atoms with van der Waals surface area (Å²) in [5.41, 5.74) is 4.59. The van der Waals surface area contributed by atoms with Gasteiger partial charge in [0, 0.05) is 36.9 Å². The molecule has 0 aliphatic heterocycles. The van der Waals surface area contributed by atoms with Gasteiger partial charge < -0.3 is 4.90 Å². The number of nitrogens with zero attached hydrogens (tertiary/aromatic N) is 2. The number of rotatable bonds is 8. The predicted molar refractivity (Wildman–Crippen MR) is 114 cm³/mol. The third kappa shape index (κ3) is 5.93. The molecule has 0 bridgehead atoms. The van der Waals surface area contributed by atoms with Crippen LogP contribution in [-0.4, -0.2) is 15.8 Å². The van der Waals surface area contributed by atoms with Crippen molar-refractivity contribution < 1.29 is 4.79 Å². The number of carbonyl (C=O) groups is 1. The summed E-state index contributed by atoms with van der Waals surface area (Å²) in [5, 5.41) is 0.712. The molecule has 1 amide bonds. The van der Waals surface area contributed by atoms with Crippen molar-refractivity contribution in [3.05, 3.63) is 100 Å². The Morgan fingerprint density at radius 1 is 0.893 bits per heavy atom. The fourth-order valence-corrected chi connectivity index (χ4v) is 3.23. The first-order chi connectivity index (χ1) is 13.6. The summed E-state index contributed by atoms with van der Waals surface area (Å²) < 4.78 is 0. The Morgan fingerprint density at radius 2 is 1.54 bits per heavy atom. The summed E-state index contributed by atoms with van der Waals surface area (Å²) in [6, 6.07) is 20.1. The second-order valence-corrected chi connectivity index (χ2v) is 7.34. The lowest BCUT2D eigenvalue weighted by atomic mass is 10.1. The number of aryl methyl sites for hydroxylation is 2. The van der Waals surface area contributed by atoms with Gasteiger partial charge in [-0.15, -0.1) is 0 Å². The van der Waals surface area contributed by atoms with Crippen molar-refractivity contribution in [2.75, 3.05) is 0 Å². The SMILES string of the molecule is CCc1ccc(CN(Cc2cccnc2)C(=O)CCc2ccc(Cl)cc2)cc1. The van der Waals surface area contributed by atoms with Gasteiger partial charge in [-0.2, -0.15) is 0 Å². The summed E-state index contributed by atoms with van der Waals surface area (Å²) >= 11 is 5.95. The van der Waals surface area contributed by atoms with Gasteiger partial charge in [0.25, 0.3) is 0 Å². The van der Waals surface area contributed by atoms with Crippen LogP contribution >= 0.6 is 11.6 Å². The van der Waals surface area contributed by atoms with Gasteiger partial charge in [-0.1, -0.05) is 61.0 Å². The number of carbonyl (C=O) groups excluding carboxylic acids is 1. The third-order valence-corrected chi connectivity index (χ3v) is 5.05. The van der Waals surface area contributed by atoms with Crippen molar-refractivity contribution >= 4 is 17.5 Å². The zero-order valence-corrected chi connectivity index (χ0v) is 16.9. The molecule has 0 atom stereocenters. The quantitative estimate of drug-likeness (QED) is 0.510. The first-order valence-corrected chi connectivity index (χ1v) is 10.0. The van der Waals surface area contributed by atoms with E-state index in [9.17, 15) is 4.79 Å². The molecular formula is C24H25ClN2O. The second kappa shape index (κ2) is 10.0. The maximum Gasteiger partial charge on any atom is 0.223 e. The van der Waals surface area contributed by atoms with Crippen LogP contribution in [0.2, 0.25) is 5.02 Å². The van der Waals surface area contributed by atoms with Crippen LogP contribution in [0.3, 0.4) is 0 Å². The molecule has 0 aliphatic rings. The minimum atomic E-state index is 0.137. The number of hydrogen-bond donors (Lipinski definition) is 0. The summed E-state index contributed by atoms with van der Waals surface area (Å²) in [7, 11) is 0. The number of benzene rings is 2. The number of halogens is 1. The third-order valence-electron chi connectivity index (χ3n) is 4.79. The van der Waals surface area contributed by atoms with E-state index in [2.05, 4.69) is 36.2 Å². The summed E-state index contributed by atoms with van der Waals surface area (Å²) in [6.07, 6.45) is 5.75. The molecule has 0 N–H and O–H groups in total. The van der Waals surface area contributed by atoms with E-state index in [1.54, 1.807) is 6.20 Å². The highest BCUT2D eigenvalue weighted by Crippen LogP contribution is 2.15. The standard InChI is InChI=1S/C24H25ClN2O/c1-2-19-5-7-21(8-6-19)17-27(18-22-4-3-15-26-16-22)24(28)14-11-20-9-12-23(25)13-10-20/h3-10,12-13,15-16H,2,11,14,17-18H2,1H3. The van der Waals surface area contributed by atoms with Gasteiger partial charge in [-0.3, -0.25) is 9.78 Å². The highest BCUT2D eigenvalue weighted by molar-refractivity contribution is 6.30. The number of aromatic nitrogens is 1. The predicted octanol–water partition coefficient (Wildman–Crippen LogP) is 5.46. The summed E-state index contributed by atoms with van der Waals surface area (Å²) in [4.78, 5) is 19.1. The summed E-state index contributed by atoms with van der Waals surface area (Å²) in [5.74, 6) is 0.137. The fourth-order valence-electron chi connectivity index (χ4n) is 3.11. The van der Waals surface area contributed by atoms with E-state index < -0.39 is 0 Å². The Bertz CT molecular complexity index is 877. The number of hydrogen-bond acceptors (Lipinski definition) is 2. The highest BCUT2D eigenvalue weighted by Gasteiger charge is 2.15. The molecule has 0 saturated heterocycles. The van der Waals surface area contributed by atoms with Gasteiger partial charge in [-0.25, -0.2) is 0 Å². The van der Waals surface area contributed by atoms with E-state index in [4.69, 9.17) is 11.6 Å². The van der Waals surface area contributed by atoms with Crippen molar-refractivity contribution in [1.82, 2.24) is 9.88 Å². The molecule has 0 radical (unpaired) electrons. The van der Waals surface area contributed by atoms with Crippen molar-refractivity contribution in [3.8, 4) is 0 Å². The number of pyridine rings is 1. The normalized spacial score (nSPS) is 10.6. The van der Waals surface area contributed by atoms with Crippen molar-refractivity contribution in [2.24, 2.45) is 0 Å². The van der Waals surface area contributed by atoms with E-state index in [0.29, 0.717) is 31.0 Å². The Kier molecular flexibility index (Phi) is 7.21. The summed E-state index contributed by atoms with van der Waals surface area (Å²) in [6.45, 7) is 3.30. The Balaban J connectivity index is 1.70. The second-order valence-electron chi connectivity index (χ2n) is 6.91. The van der Waals surface area contributed by atoms with Gasteiger partial charge in [0.1, 0.15) is 0 Å². The van der Waals surface area contributed by atoms with Crippen LogP contribution in [-0.2, 0) is 30.7 Å². The molecule has 0 aliphatic carbocycles. The van der Waals surface area contributed by atoms with E-state index in [0.717, 1.165) is 23.1 Å². The van der Waals surface area contributed by atoms with Crippen LogP contribution < -0.4 is 0 Å². The Morgan fingerprint density at radius 3 is 2.18 bits per heavy atom. The van der Waals surface area contributed by atoms with E-state index in [-0.39, 0.29) is 5.91 Å². The van der Waals surface area contributed by atoms with Crippen LogP contribution in [0.25, 0.3) is 0 Å². The Hall–Kier alpha value is -2.65. The molecule has 1 aromatic heterocycles. The van der Waals surface area contributed by atoms with Crippen LogP contribution in [0.1, 0.15) is 35.6 Å². The number of amides is 1. The van der Waals surface area contributed by atoms with Crippen molar-refractivity contribution in [3.63, 3.8) is 0 Å². The molecule has 4 heteroatoms. The van der Waals surface area contributed by atoms with Gasteiger partial charge in [-0.05, 0) is 53.3 Å². The van der Waals surface area contributed by atoms with Gasteiger partial charge in [0.2, 0.25) is 5.91 Å². The van der Waals surface area contributed by atoms with Gasteiger partial charge >= 0.3 is 0 Å². The lowest BCUT2D eigenvalue weighted by Gasteiger charge is -2.23. The fraction of sp³-hybridized carbons (Fsp3) is 0.250. The van der Waals surface area contributed by atoms with E-state index in [1.165, 1.54) is 5.56 Å². The molecule has 0 saturated carbocycles. The first-order valence-electron chi connectivity index (χ1n) is 9.63. The molecular weight excluding hydrogens is 368 g/mol. The molecule has 28 heavy (non-hydrogen) atoms. The molecule has 0 fully saturated rings. The molecule has 2 aromatic carbocycles. The average Bonchev–Trinajstić information content (AvgIpc) is 2.74. The smallest absolute Gasteiger partial charge is 0.223 e. The highest BCUT2D eigenvalue weighted by atomic mass is 35.5. The topological polar surface area (TPSA) is 33.2 Å². The van der Waals surface area contributed by atoms with E-state index >= 15 is 0 Å². The molecule has 0 spiro atoms.